The molecule has 0 bridgehead atoms. The van der Waals surface area contributed by atoms with E-state index in [0.29, 0.717) is 12.3 Å². The SMILES string of the molecule is CNC(=O)CC(N)CC(C)C.Cl. The Morgan fingerprint density at radius 2 is 2.00 bits per heavy atom. The molecule has 74 valence electrons. The quantitative estimate of drug-likeness (QED) is 0.700. The van der Waals surface area contributed by atoms with E-state index in [1.54, 1.807) is 7.05 Å². The fraction of sp³-hybridized carbons (Fsp3) is 0.875. The van der Waals surface area contributed by atoms with Gasteiger partial charge in [0.05, 0.1) is 0 Å². The van der Waals surface area contributed by atoms with Gasteiger partial charge >= 0.3 is 0 Å². The number of carbonyl (C=O) groups excluding carboxylic acids is 1. The fourth-order valence-corrected chi connectivity index (χ4v) is 1.03. The lowest BCUT2D eigenvalue weighted by atomic mass is 10.0. The molecule has 0 heterocycles. The molecule has 3 N–H and O–H groups in total. The van der Waals surface area contributed by atoms with Crippen LogP contribution in [0.1, 0.15) is 26.7 Å². The first-order valence-electron chi connectivity index (χ1n) is 4.02. The van der Waals surface area contributed by atoms with Gasteiger partial charge in [0.15, 0.2) is 0 Å². The van der Waals surface area contributed by atoms with Crippen molar-refractivity contribution in [3.63, 3.8) is 0 Å². The maximum atomic E-state index is 10.8. The minimum Gasteiger partial charge on any atom is -0.359 e. The van der Waals surface area contributed by atoms with Gasteiger partial charge in [-0.15, -0.1) is 12.4 Å². The van der Waals surface area contributed by atoms with E-state index in [1.165, 1.54) is 0 Å². The Balaban J connectivity index is 0. The van der Waals surface area contributed by atoms with E-state index in [0.717, 1.165) is 6.42 Å². The number of nitrogens with one attached hydrogen (secondary N) is 1. The standard InChI is InChI=1S/C8H18N2O.ClH/c1-6(2)4-7(9)5-8(11)10-3;/h6-7H,4-5,9H2,1-3H3,(H,10,11);1H. The van der Waals surface area contributed by atoms with Crippen molar-refractivity contribution in [2.45, 2.75) is 32.7 Å². The summed E-state index contributed by atoms with van der Waals surface area (Å²) < 4.78 is 0. The molecule has 3 nitrogen and oxygen atoms in total. The second-order valence-corrected chi connectivity index (χ2v) is 3.27. The molecule has 1 unspecified atom stereocenters. The van der Waals surface area contributed by atoms with Crippen LogP contribution in [0.15, 0.2) is 0 Å². The molecule has 0 aromatic carbocycles. The Morgan fingerprint density at radius 1 is 1.50 bits per heavy atom. The van der Waals surface area contributed by atoms with Gasteiger partial charge < -0.3 is 11.1 Å². The molecule has 0 aromatic heterocycles. The normalized spacial score (nSPS) is 12.1. The van der Waals surface area contributed by atoms with E-state index in [-0.39, 0.29) is 24.4 Å². The first kappa shape index (κ1) is 14.3. The minimum atomic E-state index is 0. The summed E-state index contributed by atoms with van der Waals surface area (Å²) in [7, 11) is 1.63. The number of carbonyl (C=O) groups is 1. The molecule has 0 aliphatic heterocycles. The third-order valence-electron chi connectivity index (χ3n) is 1.50. The average molecular weight is 195 g/mol. The monoisotopic (exact) mass is 194 g/mol. The summed E-state index contributed by atoms with van der Waals surface area (Å²) in [6.45, 7) is 4.20. The number of amides is 1. The molecule has 1 atom stereocenters. The molecule has 0 aliphatic carbocycles. The first-order valence-corrected chi connectivity index (χ1v) is 4.02. The topological polar surface area (TPSA) is 55.1 Å². The summed E-state index contributed by atoms with van der Waals surface area (Å²) in [4.78, 5) is 10.8. The van der Waals surface area contributed by atoms with E-state index in [9.17, 15) is 4.79 Å². The van der Waals surface area contributed by atoms with E-state index >= 15 is 0 Å². The fourth-order valence-electron chi connectivity index (χ4n) is 1.03. The van der Waals surface area contributed by atoms with Gasteiger partial charge in [0, 0.05) is 19.5 Å². The smallest absolute Gasteiger partial charge is 0.221 e. The second-order valence-electron chi connectivity index (χ2n) is 3.27. The minimum absolute atomic E-state index is 0. The van der Waals surface area contributed by atoms with Gasteiger partial charge in [0.25, 0.3) is 0 Å². The zero-order valence-corrected chi connectivity index (χ0v) is 8.78. The zero-order valence-electron chi connectivity index (χ0n) is 7.96. The summed E-state index contributed by atoms with van der Waals surface area (Å²) in [6.07, 6.45) is 1.35. The number of rotatable bonds is 4. The van der Waals surface area contributed by atoms with E-state index in [4.69, 9.17) is 5.73 Å². The summed E-state index contributed by atoms with van der Waals surface area (Å²) >= 11 is 0. The Morgan fingerprint density at radius 3 is 2.33 bits per heavy atom. The van der Waals surface area contributed by atoms with Crippen LogP contribution in [0.5, 0.6) is 0 Å². The molecule has 4 heteroatoms. The van der Waals surface area contributed by atoms with Crippen molar-refractivity contribution in [1.29, 1.82) is 0 Å². The summed E-state index contributed by atoms with van der Waals surface area (Å²) in [5, 5.41) is 2.55. The predicted octanol–water partition coefficient (Wildman–Crippen LogP) is 0.918. The highest BCUT2D eigenvalue weighted by Gasteiger charge is 2.08. The Kier molecular flexibility index (Phi) is 8.76. The van der Waals surface area contributed by atoms with Crippen molar-refractivity contribution in [3.8, 4) is 0 Å². The molecule has 1 amide bonds. The molecule has 0 radical (unpaired) electrons. The molecule has 0 saturated heterocycles. The average Bonchev–Trinajstić information content (AvgIpc) is 1.85. The highest BCUT2D eigenvalue weighted by Crippen LogP contribution is 2.04. The van der Waals surface area contributed by atoms with Crippen LogP contribution in [-0.2, 0) is 4.79 Å². The first-order chi connectivity index (χ1) is 5.06. The molecule has 0 saturated carbocycles. The van der Waals surface area contributed by atoms with Gasteiger partial charge in [0.1, 0.15) is 0 Å². The van der Waals surface area contributed by atoms with Crippen LogP contribution in [0, 0.1) is 5.92 Å². The van der Waals surface area contributed by atoms with Gasteiger partial charge in [-0.1, -0.05) is 13.8 Å². The number of halogens is 1. The maximum Gasteiger partial charge on any atom is 0.221 e. The summed E-state index contributed by atoms with van der Waals surface area (Å²) in [5.74, 6) is 0.591. The van der Waals surface area contributed by atoms with Gasteiger partial charge in [0.2, 0.25) is 5.91 Å². The van der Waals surface area contributed by atoms with Crippen molar-refractivity contribution in [2.75, 3.05) is 7.05 Å². The number of hydrogen-bond donors (Lipinski definition) is 2. The predicted molar refractivity (Wildman–Crippen MR) is 53.4 cm³/mol. The molecular formula is C8H19ClN2O. The van der Waals surface area contributed by atoms with Gasteiger partial charge in [-0.05, 0) is 12.3 Å². The van der Waals surface area contributed by atoms with Crippen molar-refractivity contribution >= 4 is 18.3 Å². The highest BCUT2D eigenvalue weighted by molar-refractivity contribution is 5.85. The lowest BCUT2D eigenvalue weighted by Crippen LogP contribution is -2.30. The third-order valence-corrected chi connectivity index (χ3v) is 1.50. The second kappa shape index (κ2) is 7.37. The lowest BCUT2D eigenvalue weighted by molar-refractivity contribution is -0.120. The molecular weight excluding hydrogens is 176 g/mol. The Bertz CT molecular complexity index is 128. The maximum absolute atomic E-state index is 10.8. The van der Waals surface area contributed by atoms with Crippen LogP contribution in [-0.4, -0.2) is 19.0 Å². The van der Waals surface area contributed by atoms with Crippen molar-refractivity contribution < 1.29 is 4.79 Å². The van der Waals surface area contributed by atoms with Gasteiger partial charge in [-0.25, -0.2) is 0 Å². The Labute approximate surface area is 80.5 Å². The van der Waals surface area contributed by atoms with Crippen LogP contribution in [0.2, 0.25) is 0 Å². The van der Waals surface area contributed by atoms with Crippen LogP contribution >= 0.6 is 12.4 Å². The van der Waals surface area contributed by atoms with Crippen LogP contribution in [0.4, 0.5) is 0 Å². The van der Waals surface area contributed by atoms with Crippen molar-refractivity contribution in [3.05, 3.63) is 0 Å². The van der Waals surface area contributed by atoms with E-state index in [1.807, 2.05) is 0 Å². The van der Waals surface area contributed by atoms with Gasteiger partial charge in [-0.2, -0.15) is 0 Å². The molecule has 0 aliphatic rings. The number of nitrogens with two attached hydrogens (primary N) is 1. The largest absolute Gasteiger partial charge is 0.359 e. The lowest BCUT2D eigenvalue weighted by Gasteiger charge is -2.12. The van der Waals surface area contributed by atoms with Gasteiger partial charge in [-0.3, -0.25) is 4.79 Å². The molecule has 0 rings (SSSR count). The Hall–Kier alpha value is -0.280. The molecule has 0 fully saturated rings. The van der Waals surface area contributed by atoms with Crippen molar-refractivity contribution in [1.82, 2.24) is 5.32 Å². The van der Waals surface area contributed by atoms with Crippen LogP contribution in [0.25, 0.3) is 0 Å². The highest BCUT2D eigenvalue weighted by atomic mass is 35.5. The number of hydrogen-bond acceptors (Lipinski definition) is 2. The van der Waals surface area contributed by atoms with Crippen LogP contribution in [0.3, 0.4) is 0 Å². The van der Waals surface area contributed by atoms with Crippen LogP contribution < -0.4 is 11.1 Å². The van der Waals surface area contributed by atoms with Crippen molar-refractivity contribution in [2.24, 2.45) is 11.7 Å². The third kappa shape index (κ3) is 7.82. The molecule has 0 spiro atoms. The van der Waals surface area contributed by atoms with E-state index in [2.05, 4.69) is 19.2 Å². The zero-order chi connectivity index (χ0) is 8.85. The summed E-state index contributed by atoms with van der Waals surface area (Å²) in [6, 6.07) is 0.00921. The summed E-state index contributed by atoms with van der Waals surface area (Å²) in [5.41, 5.74) is 5.69. The molecule has 12 heavy (non-hydrogen) atoms. The van der Waals surface area contributed by atoms with E-state index < -0.39 is 0 Å². The molecule has 0 aromatic rings.